The number of alkyl halides is 3. The maximum Gasteiger partial charge on any atom is 0.417 e. The molecular formula is C10H6BrF3N2O. The van der Waals surface area contributed by atoms with Gasteiger partial charge in [-0.3, -0.25) is 4.79 Å². The zero-order chi connectivity index (χ0) is 13.1. The van der Waals surface area contributed by atoms with Crippen LogP contribution in [0.1, 0.15) is 12.0 Å². The van der Waals surface area contributed by atoms with Gasteiger partial charge in [-0.25, -0.2) is 0 Å². The third kappa shape index (κ3) is 3.75. The Kier molecular flexibility index (Phi) is 4.12. The average Bonchev–Trinajstić information content (AvgIpc) is 2.19. The number of carbonyl (C=O) groups is 1. The molecule has 1 aromatic rings. The maximum absolute atomic E-state index is 12.5. The number of nitrogens with one attached hydrogen (secondary N) is 1. The highest BCUT2D eigenvalue weighted by atomic mass is 79.9. The number of carbonyl (C=O) groups excluding carboxylic acids is 1. The standard InChI is InChI=1S/C10H6BrF3N2O/c11-8-2-1-6(16-9(17)3-4-15)5-7(8)10(12,13)14/h1-2,5H,3H2,(H,16,17). The van der Waals surface area contributed by atoms with E-state index in [4.69, 9.17) is 5.26 Å². The van der Waals surface area contributed by atoms with E-state index in [0.717, 1.165) is 6.07 Å². The number of nitrogens with zero attached hydrogens (tertiary/aromatic N) is 1. The number of halogens is 4. The minimum atomic E-state index is -4.51. The first-order chi connectivity index (χ1) is 7.84. The molecule has 0 heterocycles. The fourth-order valence-corrected chi connectivity index (χ4v) is 1.57. The number of nitriles is 1. The molecule has 1 N–H and O–H groups in total. The molecule has 0 bridgehead atoms. The Labute approximate surface area is 103 Å². The van der Waals surface area contributed by atoms with Gasteiger partial charge in [-0.05, 0) is 18.2 Å². The van der Waals surface area contributed by atoms with Crippen molar-refractivity contribution in [3.63, 3.8) is 0 Å². The van der Waals surface area contributed by atoms with E-state index < -0.39 is 24.1 Å². The summed E-state index contributed by atoms with van der Waals surface area (Å²) in [5.41, 5.74) is -0.881. The lowest BCUT2D eigenvalue weighted by molar-refractivity contribution is -0.138. The van der Waals surface area contributed by atoms with Crippen molar-refractivity contribution in [3.8, 4) is 6.07 Å². The molecule has 0 saturated carbocycles. The third-order valence-electron chi connectivity index (χ3n) is 1.80. The van der Waals surface area contributed by atoms with E-state index in [1.807, 2.05) is 0 Å². The normalized spacial score (nSPS) is 10.8. The monoisotopic (exact) mass is 306 g/mol. The third-order valence-corrected chi connectivity index (χ3v) is 2.49. The molecule has 7 heteroatoms. The van der Waals surface area contributed by atoms with Crippen molar-refractivity contribution in [2.75, 3.05) is 5.32 Å². The Balaban J connectivity index is 2.98. The molecule has 0 saturated heterocycles. The fraction of sp³-hybridized carbons (Fsp3) is 0.200. The smallest absolute Gasteiger partial charge is 0.325 e. The summed E-state index contributed by atoms with van der Waals surface area (Å²) < 4.78 is 37.4. The Bertz CT molecular complexity index is 479. The van der Waals surface area contributed by atoms with Crippen LogP contribution in [0.25, 0.3) is 0 Å². The second kappa shape index (κ2) is 5.19. The quantitative estimate of drug-likeness (QED) is 0.911. The van der Waals surface area contributed by atoms with Gasteiger partial charge in [0, 0.05) is 10.2 Å². The molecule has 0 aliphatic carbocycles. The largest absolute Gasteiger partial charge is 0.417 e. The molecule has 0 spiro atoms. The van der Waals surface area contributed by atoms with E-state index in [-0.39, 0.29) is 10.2 Å². The summed E-state index contributed by atoms with van der Waals surface area (Å²) >= 11 is 2.78. The van der Waals surface area contributed by atoms with Gasteiger partial charge in [0.15, 0.2) is 0 Å². The lowest BCUT2D eigenvalue weighted by Gasteiger charge is -2.11. The van der Waals surface area contributed by atoms with E-state index in [9.17, 15) is 18.0 Å². The van der Waals surface area contributed by atoms with Crippen LogP contribution in [0.2, 0.25) is 0 Å². The SMILES string of the molecule is N#CCC(=O)Nc1ccc(Br)c(C(F)(F)F)c1. The minimum Gasteiger partial charge on any atom is -0.325 e. The van der Waals surface area contributed by atoms with Gasteiger partial charge < -0.3 is 5.32 Å². The maximum atomic E-state index is 12.5. The van der Waals surface area contributed by atoms with Gasteiger partial charge in [0.25, 0.3) is 0 Å². The minimum absolute atomic E-state index is 0.000718. The van der Waals surface area contributed by atoms with Gasteiger partial charge in [0.2, 0.25) is 5.91 Å². The first-order valence-electron chi connectivity index (χ1n) is 4.38. The summed E-state index contributed by atoms with van der Waals surface area (Å²) in [5, 5.41) is 10.4. The van der Waals surface area contributed by atoms with Crippen molar-refractivity contribution in [2.45, 2.75) is 12.6 Å². The van der Waals surface area contributed by atoms with Gasteiger partial charge in [0.1, 0.15) is 6.42 Å². The van der Waals surface area contributed by atoms with Gasteiger partial charge in [-0.1, -0.05) is 15.9 Å². The molecule has 0 aliphatic heterocycles. The van der Waals surface area contributed by atoms with Gasteiger partial charge in [0.05, 0.1) is 11.6 Å². The van der Waals surface area contributed by atoms with E-state index in [0.29, 0.717) is 0 Å². The molecule has 0 aliphatic rings. The van der Waals surface area contributed by atoms with Crippen LogP contribution in [0.4, 0.5) is 18.9 Å². The predicted molar refractivity (Wildman–Crippen MR) is 58.0 cm³/mol. The summed E-state index contributed by atoms with van der Waals surface area (Å²) in [5.74, 6) is -0.650. The summed E-state index contributed by atoms with van der Waals surface area (Å²) in [6.45, 7) is 0. The molecule has 1 aromatic carbocycles. The molecule has 0 atom stereocenters. The predicted octanol–water partition coefficient (Wildman–Crippen LogP) is 3.32. The highest BCUT2D eigenvalue weighted by molar-refractivity contribution is 9.10. The number of amides is 1. The van der Waals surface area contributed by atoms with Crippen molar-refractivity contribution in [1.82, 2.24) is 0 Å². The van der Waals surface area contributed by atoms with Crippen LogP contribution in [0.15, 0.2) is 22.7 Å². The molecule has 3 nitrogen and oxygen atoms in total. The summed E-state index contributed by atoms with van der Waals surface area (Å²) in [4.78, 5) is 11.0. The summed E-state index contributed by atoms with van der Waals surface area (Å²) in [6, 6.07) is 4.90. The van der Waals surface area contributed by atoms with Crippen LogP contribution in [0, 0.1) is 11.3 Å². The number of anilines is 1. The molecule has 1 amide bonds. The Morgan fingerprint density at radius 3 is 2.65 bits per heavy atom. The first kappa shape index (κ1) is 13.5. The van der Waals surface area contributed by atoms with Crippen LogP contribution < -0.4 is 5.32 Å². The molecule has 0 aromatic heterocycles. The Morgan fingerprint density at radius 1 is 1.47 bits per heavy atom. The molecule has 0 unspecified atom stereocenters. The van der Waals surface area contributed by atoms with Gasteiger partial charge >= 0.3 is 6.18 Å². The number of benzene rings is 1. The van der Waals surface area contributed by atoms with Crippen LogP contribution >= 0.6 is 15.9 Å². The van der Waals surface area contributed by atoms with E-state index >= 15 is 0 Å². The molecule has 0 radical (unpaired) electrons. The second-order valence-electron chi connectivity index (χ2n) is 3.08. The van der Waals surface area contributed by atoms with Crippen LogP contribution in [0.5, 0.6) is 0 Å². The van der Waals surface area contributed by atoms with Gasteiger partial charge in [-0.15, -0.1) is 0 Å². The van der Waals surface area contributed by atoms with E-state index in [1.54, 1.807) is 6.07 Å². The van der Waals surface area contributed by atoms with Crippen molar-refractivity contribution in [3.05, 3.63) is 28.2 Å². The Morgan fingerprint density at radius 2 is 2.12 bits per heavy atom. The molecule has 90 valence electrons. The van der Waals surface area contributed by atoms with Gasteiger partial charge in [-0.2, -0.15) is 18.4 Å². The zero-order valence-corrected chi connectivity index (χ0v) is 9.89. The molecule has 0 fully saturated rings. The first-order valence-corrected chi connectivity index (χ1v) is 5.17. The van der Waals surface area contributed by atoms with Crippen LogP contribution in [-0.2, 0) is 11.0 Å². The molecule has 1 rings (SSSR count). The zero-order valence-electron chi connectivity index (χ0n) is 8.31. The number of hydrogen-bond donors (Lipinski definition) is 1. The lowest BCUT2D eigenvalue weighted by atomic mass is 10.2. The summed E-state index contributed by atoms with van der Waals surface area (Å²) in [7, 11) is 0. The molecule has 17 heavy (non-hydrogen) atoms. The average molecular weight is 307 g/mol. The topological polar surface area (TPSA) is 52.9 Å². The van der Waals surface area contributed by atoms with Crippen molar-refractivity contribution in [2.24, 2.45) is 0 Å². The van der Waals surface area contributed by atoms with E-state index in [1.165, 1.54) is 12.1 Å². The van der Waals surface area contributed by atoms with Crippen molar-refractivity contribution in [1.29, 1.82) is 5.26 Å². The van der Waals surface area contributed by atoms with E-state index in [2.05, 4.69) is 21.2 Å². The lowest BCUT2D eigenvalue weighted by Crippen LogP contribution is -2.12. The number of hydrogen-bond acceptors (Lipinski definition) is 2. The highest BCUT2D eigenvalue weighted by Crippen LogP contribution is 2.36. The van der Waals surface area contributed by atoms with Crippen molar-refractivity contribution >= 4 is 27.5 Å². The van der Waals surface area contributed by atoms with Crippen LogP contribution in [-0.4, -0.2) is 5.91 Å². The summed E-state index contributed by atoms with van der Waals surface area (Å²) in [6.07, 6.45) is -4.91. The Hall–Kier alpha value is -1.55. The second-order valence-corrected chi connectivity index (χ2v) is 3.93. The number of rotatable bonds is 2. The highest BCUT2D eigenvalue weighted by Gasteiger charge is 2.33. The van der Waals surface area contributed by atoms with Crippen LogP contribution in [0.3, 0.4) is 0 Å². The fourth-order valence-electron chi connectivity index (χ4n) is 1.10. The molecular weight excluding hydrogens is 301 g/mol. The van der Waals surface area contributed by atoms with Crippen molar-refractivity contribution < 1.29 is 18.0 Å².